The Balaban J connectivity index is 1.78. The molecule has 1 aliphatic heterocycles. The summed E-state index contributed by atoms with van der Waals surface area (Å²) in [6, 6.07) is 7.10. The second-order valence-corrected chi connectivity index (χ2v) is 4.49. The number of amides is 1. The molecular weight excluding hydrogens is 230 g/mol. The molecule has 94 valence electrons. The van der Waals surface area contributed by atoms with E-state index in [1.165, 1.54) is 6.42 Å². The van der Waals surface area contributed by atoms with Crippen molar-refractivity contribution in [2.24, 2.45) is 0 Å². The largest absolute Gasteiger partial charge is 0.461 e. The van der Waals surface area contributed by atoms with Gasteiger partial charge in [0.1, 0.15) is 0 Å². The van der Waals surface area contributed by atoms with Gasteiger partial charge in [0, 0.05) is 13.1 Å². The molecule has 0 saturated carbocycles. The van der Waals surface area contributed by atoms with Crippen LogP contribution >= 0.6 is 0 Å². The molecule has 2 aromatic rings. The molecule has 0 aliphatic carbocycles. The molecule has 0 N–H and O–H groups in total. The van der Waals surface area contributed by atoms with Gasteiger partial charge in [0.2, 0.25) is 0 Å². The minimum absolute atomic E-state index is 0.0208. The Morgan fingerprint density at radius 2 is 1.89 bits per heavy atom. The number of rotatable bonds is 2. The molecule has 0 radical (unpaired) electrons. The van der Waals surface area contributed by atoms with Gasteiger partial charge in [0.15, 0.2) is 17.3 Å². The maximum absolute atomic E-state index is 12.2. The van der Waals surface area contributed by atoms with Crippen LogP contribution in [0.25, 0.3) is 11.5 Å². The van der Waals surface area contributed by atoms with Crippen molar-refractivity contribution in [1.82, 2.24) is 4.90 Å². The zero-order chi connectivity index (χ0) is 12.4. The van der Waals surface area contributed by atoms with E-state index in [1.54, 1.807) is 24.5 Å². The monoisotopic (exact) mass is 245 g/mol. The molecule has 18 heavy (non-hydrogen) atoms. The third-order valence-corrected chi connectivity index (χ3v) is 3.22. The van der Waals surface area contributed by atoms with Crippen LogP contribution in [0.2, 0.25) is 0 Å². The normalized spacial score (nSPS) is 15.9. The average molecular weight is 245 g/mol. The molecule has 4 heteroatoms. The Kier molecular flexibility index (Phi) is 2.92. The van der Waals surface area contributed by atoms with Crippen LogP contribution < -0.4 is 0 Å². The second kappa shape index (κ2) is 4.72. The average Bonchev–Trinajstić information content (AvgIpc) is 3.09. The quantitative estimate of drug-likeness (QED) is 0.816. The van der Waals surface area contributed by atoms with Crippen molar-refractivity contribution < 1.29 is 13.6 Å². The number of carbonyl (C=O) groups is 1. The van der Waals surface area contributed by atoms with Gasteiger partial charge in [0.25, 0.3) is 5.91 Å². The van der Waals surface area contributed by atoms with E-state index in [0.717, 1.165) is 25.9 Å². The zero-order valence-electron chi connectivity index (χ0n) is 10.1. The van der Waals surface area contributed by atoms with Crippen LogP contribution in [0.4, 0.5) is 0 Å². The van der Waals surface area contributed by atoms with Gasteiger partial charge < -0.3 is 13.7 Å². The first-order chi connectivity index (χ1) is 8.84. The molecule has 0 spiro atoms. The van der Waals surface area contributed by atoms with E-state index in [1.807, 2.05) is 11.0 Å². The molecule has 0 bridgehead atoms. The molecule has 2 aromatic heterocycles. The standard InChI is InChI=1S/C14H15NO3/c16-14(15-8-2-1-3-9-15)13-7-6-12(18-13)11-5-4-10-17-11/h4-7,10H,1-3,8-9H2. The lowest BCUT2D eigenvalue weighted by molar-refractivity contribution is 0.0693. The summed E-state index contributed by atoms with van der Waals surface area (Å²) >= 11 is 0. The summed E-state index contributed by atoms with van der Waals surface area (Å²) in [4.78, 5) is 14.0. The first-order valence-electron chi connectivity index (χ1n) is 6.27. The SMILES string of the molecule is O=C(c1ccc(-c2ccco2)o1)N1CCCCC1. The second-order valence-electron chi connectivity index (χ2n) is 4.49. The smallest absolute Gasteiger partial charge is 0.289 e. The Labute approximate surface area is 105 Å². The summed E-state index contributed by atoms with van der Waals surface area (Å²) in [5.74, 6) is 1.61. The molecule has 1 saturated heterocycles. The molecule has 3 heterocycles. The van der Waals surface area contributed by atoms with Gasteiger partial charge in [-0.3, -0.25) is 4.79 Å². The molecule has 1 aliphatic rings. The highest BCUT2D eigenvalue weighted by Gasteiger charge is 2.21. The number of hydrogen-bond donors (Lipinski definition) is 0. The first kappa shape index (κ1) is 11.1. The minimum atomic E-state index is -0.0208. The van der Waals surface area contributed by atoms with Gasteiger partial charge >= 0.3 is 0 Å². The van der Waals surface area contributed by atoms with Gasteiger partial charge in [-0.2, -0.15) is 0 Å². The summed E-state index contributed by atoms with van der Waals surface area (Å²) in [6.07, 6.45) is 4.96. The number of likely N-dealkylation sites (tertiary alicyclic amines) is 1. The highest BCUT2D eigenvalue weighted by molar-refractivity contribution is 5.92. The predicted molar refractivity (Wildman–Crippen MR) is 66.2 cm³/mol. The van der Waals surface area contributed by atoms with Crippen LogP contribution in [-0.2, 0) is 0 Å². The lowest BCUT2D eigenvalue weighted by Crippen LogP contribution is -2.35. The van der Waals surface area contributed by atoms with Crippen molar-refractivity contribution in [3.63, 3.8) is 0 Å². The molecule has 0 unspecified atom stereocenters. The number of hydrogen-bond acceptors (Lipinski definition) is 3. The van der Waals surface area contributed by atoms with Crippen molar-refractivity contribution >= 4 is 5.91 Å². The van der Waals surface area contributed by atoms with E-state index < -0.39 is 0 Å². The van der Waals surface area contributed by atoms with E-state index in [4.69, 9.17) is 8.83 Å². The molecule has 1 fully saturated rings. The van der Waals surface area contributed by atoms with Crippen molar-refractivity contribution in [2.75, 3.05) is 13.1 Å². The van der Waals surface area contributed by atoms with Crippen molar-refractivity contribution in [3.05, 3.63) is 36.3 Å². The predicted octanol–water partition coefficient (Wildman–Crippen LogP) is 3.17. The van der Waals surface area contributed by atoms with Gasteiger partial charge in [-0.1, -0.05) is 0 Å². The topological polar surface area (TPSA) is 46.6 Å². The number of carbonyl (C=O) groups excluding carboxylic acids is 1. The fraction of sp³-hybridized carbons (Fsp3) is 0.357. The highest BCUT2D eigenvalue weighted by Crippen LogP contribution is 2.23. The number of piperidine rings is 1. The van der Waals surface area contributed by atoms with Gasteiger partial charge in [-0.25, -0.2) is 0 Å². The van der Waals surface area contributed by atoms with Crippen LogP contribution in [0, 0.1) is 0 Å². The molecule has 4 nitrogen and oxygen atoms in total. The molecule has 0 aromatic carbocycles. The van der Waals surface area contributed by atoms with Crippen LogP contribution in [0.1, 0.15) is 29.8 Å². The van der Waals surface area contributed by atoms with Gasteiger partial charge in [0.05, 0.1) is 6.26 Å². The van der Waals surface area contributed by atoms with E-state index >= 15 is 0 Å². The van der Waals surface area contributed by atoms with Crippen LogP contribution in [-0.4, -0.2) is 23.9 Å². The van der Waals surface area contributed by atoms with Crippen molar-refractivity contribution in [3.8, 4) is 11.5 Å². The Bertz CT molecular complexity index is 521. The molecular formula is C14H15NO3. The molecule has 1 amide bonds. The van der Waals surface area contributed by atoms with E-state index in [9.17, 15) is 4.79 Å². The molecule has 0 atom stereocenters. The number of furan rings is 2. The Hall–Kier alpha value is -1.97. The van der Waals surface area contributed by atoms with E-state index in [2.05, 4.69) is 0 Å². The van der Waals surface area contributed by atoms with Gasteiger partial charge in [-0.05, 0) is 43.5 Å². The summed E-state index contributed by atoms with van der Waals surface area (Å²) < 4.78 is 10.8. The summed E-state index contributed by atoms with van der Waals surface area (Å²) in [5.41, 5.74) is 0. The summed E-state index contributed by atoms with van der Waals surface area (Å²) in [7, 11) is 0. The third kappa shape index (κ3) is 2.06. The van der Waals surface area contributed by atoms with Crippen molar-refractivity contribution in [1.29, 1.82) is 0 Å². The van der Waals surface area contributed by atoms with Crippen LogP contribution in [0.3, 0.4) is 0 Å². The Morgan fingerprint density at radius 3 is 2.61 bits per heavy atom. The van der Waals surface area contributed by atoms with Gasteiger partial charge in [-0.15, -0.1) is 0 Å². The fourth-order valence-electron chi connectivity index (χ4n) is 2.26. The van der Waals surface area contributed by atoms with E-state index in [0.29, 0.717) is 17.3 Å². The lowest BCUT2D eigenvalue weighted by Gasteiger charge is -2.25. The number of nitrogens with zero attached hydrogens (tertiary/aromatic N) is 1. The lowest BCUT2D eigenvalue weighted by atomic mass is 10.1. The summed E-state index contributed by atoms with van der Waals surface area (Å²) in [6.45, 7) is 1.66. The summed E-state index contributed by atoms with van der Waals surface area (Å²) in [5, 5.41) is 0. The third-order valence-electron chi connectivity index (χ3n) is 3.22. The fourth-order valence-corrected chi connectivity index (χ4v) is 2.26. The Morgan fingerprint density at radius 1 is 1.06 bits per heavy atom. The molecule has 3 rings (SSSR count). The maximum Gasteiger partial charge on any atom is 0.289 e. The maximum atomic E-state index is 12.2. The minimum Gasteiger partial charge on any atom is -0.461 e. The van der Waals surface area contributed by atoms with Crippen LogP contribution in [0.15, 0.2) is 39.4 Å². The van der Waals surface area contributed by atoms with E-state index in [-0.39, 0.29) is 5.91 Å². The van der Waals surface area contributed by atoms with Crippen LogP contribution in [0.5, 0.6) is 0 Å². The highest BCUT2D eigenvalue weighted by atomic mass is 16.4. The zero-order valence-corrected chi connectivity index (χ0v) is 10.1. The first-order valence-corrected chi connectivity index (χ1v) is 6.27. The van der Waals surface area contributed by atoms with Crippen molar-refractivity contribution in [2.45, 2.75) is 19.3 Å².